The Bertz CT molecular complexity index is 99.2. The van der Waals surface area contributed by atoms with Gasteiger partial charge in [0.25, 0.3) is 0 Å². The van der Waals surface area contributed by atoms with Gasteiger partial charge in [0.15, 0.2) is 0 Å². The fraction of sp³-hybridized carbons (Fsp3) is 0.167. The van der Waals surface area contributed by atoms with Gasteiger partial charge in [-0.15, -0.1) is 13.2 Å². The summed E-state index contributed by atoms with van der Waals surface area (Å²) in [5, 5.41) is 0. The molecule has 52 valence electrons. The van der Waals surface area contributed by atoms with Crippen LogP contribution in [0.2, 0.25) is 0 Å². The smallest absolute Gasteiger partial charge is 0.307 e. The summed E-state index contributed by atoms with van der Waals surface area (Å²) in [5.74, 6) is -0.364. The van der Waals surface area contributed by atoms with Crippen molar-refractivity contribution in [3.8, 4) is 0 Å². The molecule has 0 N–H and O–H groups in total. The van der Waals surface area contributed by atoms with Gasteiger partial charge in [-0.05, 0) is 0 Å². The molecule has 0 amide bonds. The Morgan fingerprint density at radius 3 is 2.22 bits per heavy atom. The SMILES string of the molecule is C=C.CC(=O)OC=CCl. The predicted octanol–water partition coefficient (Wildman–Crippen LogP) is 2.06. The highest BCUT2D eigenvalue weighted by atomic mass is 35.5. The minimum absolute atomic E-state index is 0.364. The lowest BCUT2D eigenvalue weighted by atomic mass is 10.8. The first-order valence-corrected chi connectivity index (χ1v) is 2.63. The average molecular weight is 149 g/mol. The molecule has 0 aromatic carbocycles. The molecule has 0 bridgehead atoms. The molecular formula is C6H9ClO2. The van der Waals surface area contributed by atoms with Crippen LogP contribution in [0.25, 0.3) is 0 Å². The summed E-state index contributed by atoms with van der Waals surface area (Å²) in [5.41, 5.74) is 1.13. The van der Waals surface area contributed by atoms with Gasteiger partial charge in [-0.1, -0.05) is 11.6 Å². The van der Waals surface area contributed by atoms with Crippen LogP contribution in [0.4, 0.5) is 0 Å². The van der Waals surface area contributed by atoms with Crippen molar-refractivity contribution in [2.24, 2.45) is 0 Å². The Hall–Kier alpha value is -0.760. The van der Waals surface area contributed by atoms with Crippen molar-refractivity contribution in [2.75, 3.05) is 0 Å². The summed E-state index contributed by atoms with van der Waals surface area (Å²) >= 11 is 4.99. The third kappa shape index (κ3) is 18.9. The maximum Gasteiger partial charge on any atom is 0.307 e. The Morgan fingerprint density at radius 1 is 1.67 bits per heavy atom. The molecule has 0 aromatic rings. The molecule has 0 aliphatic heterocycles. The Labute approximate surface area is 59.8 Å². The molecule has 0 radical (unpaired) electrons. The van der Waals surface area contributed by atoms with Gasteiger partial charge in [0, 0.05) is 12.5 Å². The van der Waals surface area contributed by atoms with Gasteiger partial charge in [-0.3, -0.25) is 4.79 Å². The molecule has 0 aliphatic carbocycles. The summed E-state index contributed by atoms with van der Waals surface area (Å²) in [6, 6.07) is 0. The minimum Gasteiger partial charge on any atom is -0.434 e. The standard InChI is InChI=1S/C4H5ClO2.C2H4/c1-4(6)7-3-2-5;1-2/h2-3H,1H3;1-2H2. The highest BCUT2D eigenvalue weighted by molar-refractivity contribution is 6.25. The topological polar surface area (TPSA) is 26.3 Å². The van der Waals surface area contributed by atoms with E-state index in [1.165, 1.54) is 6.92 Å². The molecular weight excluding hydrogens is 140 g/mol. The molecule has 0 atom stereocenters. The number of ether oxygens (including phenoxy) is 1. The van der Waals surface area contributed by atoms with Gasteiger partial charge in [0.2, 0.25) is 0 Å². The second-order valence-electron chi connectivity index (χ2n) is 0.872. The van der Waals surface area contributed by atoms with Crippen LogP contribution < -0.4 is 0 Å². The van der Waals surface area contributed by atoms with Crippen molar-refractivity contribution in [3.05, 3.63) is 25.0 Å². The number of carbonyl (C=O) groups is 1. The van der Waals surface area contributed by atoms with E-state index in [0.717, 1.165) is 11.8 Å². The second kappa shape index (κ2) is 10.3. The molecule has 0 aliphatic rings. The van der Waals surface area contributed by atoms with Crippen LogP contribution in [0.5, 0.6) is 0 Å². The summed E-state index contributed by atoms with van der Waals surface area (Å²) in [6.07, 6.45) is 1.11. The van der Waals surface area contributed by atoms with Gasteiger partial charge in [-0.2, -0.15) is 0 Å². The molecule has 0 spiro atoms. The van der Waals surface area contributed by atoms with Crippen molar-refractivity contribution < 1.29 is 9.53 Å². The van der Waals surface area contributed by atoms with Gasteiger partial charge in [-0.25, -0.2) is 0 Å². The van der Waals surface area contributed by atoms with Crippen LogP contribution >= 0.6 is 11.6 Å². The third-order valence-corrected chi connectivity index (χ3v) is 0.388. The van der Waals surface area contributed by atoms with E-state index in [0.29, 0.717) is 0 Å². The lowest BCUT2D eigenvalue weighted by Gasteiger charge is -1.84. The first kappa shape index (κ1) is 11.1. The molecule has 9 heavy (non-hydrogen) atoms. The van der Waals surface area contributed by atoms with Crippen LogP contribution in [-0.4, -0.2) is 5.97 Å². The fourth-order valence-electron chi connectivity index (χ4n) is 0.122. The quantitative estimate of drug-likeness (QED) is 0.323. The normalized spacial score (nSPS) is 7.78. The van der Waals surface area contributed by atoms with E-state index in [1.54, 1.807) is 0 Å². The summed E-state index contributed by atoms with van der Waals surface area (Å²) in [4.78, 5) is 9.87. The molecule has 3 heteroatoms. The zero-order valence-electron chi connectivity index (χ0n) is 5.26. The molecule has 0 unspecified atom stereocenters. The zero-order chi connectivity index (χ0) is 7.70. The largest absolute Gasteiger partial charge is 0.434 e. The van der Waals surface area contributed by atoms with Gasteiger partial charge in [0.1, 0.15) is 6.26 Å². The van der Waals surface area contributed by atoms with Crippen molar-refractivity contribution in [1.29, 1.82) is 0 Å². The van der Waals surface area contributed by atoms with Crippen LogP contribution in [-0.2, 0) is 9.53 Å². The first-order valence-electron chi connectivity index (χ1n) is 2.20. The molecule has 0 saturated carbocycles. The summed E-state index contributed by atoms with van der Waals surface area (Å²) < 4.78 is 4.24. The van der Waals surface area contributed by atoms with Crippen molar-refractivity contribution in [2.45, 2.75) is 6.92 Å². The number of carbonyl (C=O) groups excluding carboxylic acids is 1. The van der Waals surface area contributed by atoms with Crippen molar-refractivity contribution in [1.82, 2.24) is 0 Å². The van der Waals surface area contributed by atoms with E-state index in [4.69, 9.17) is 11.6 Å². The van der Waals surface area contributed by atoms with Gasteiger partial charge >= 0.3 is 5.97 Å². The molecule has 0 rings (SSSR count). The molecule has 2 nitrogen and oxygen atoms in total. The maximum atomic E-state index is 9.87. The Kier molecular flexibility index (Phi) is 12.7. The number of hydrogen-bond donors (Lipinski definition) is 0. The third-order valence-electron chi connectivity index (χ3n) is 0.285. The minimum atomic E-state index is -0.364. The summed E-state index contributed by atoms with van der Waals surface area (Å²) in [7, 11) is 0. The van der Waals surface area contributed by atoms with E-state index in [1.807, 2.05) is 0 Å². The van der Waals surface area contributed by atoms with E-state index in [9.17, 15) is 4.79 Å². The maximum absolute atomic E-state index is 9.87. The molecule has 0 heterocycles. The fourth-order valence-corrected chi connectivity index (χ4v) is 0.173. The van der Waals surface area contributed by atoms with Crippen LogP contribution in [0.15, 0.2) is 25.0 Å². The number of hydrogen-bond acceptors (Lipinski definition) is 2. The average Bonchev–Trinajstić information content (AvgIpc) is 1.88. The highest BCUT2D eigenvalue weighted by Gasteiger charge is 1.80. The molecule has 0 saturated heterocycles. The monoisotopic (exact) mass is 148 g/mol. The van der Waals surface area contributed by atoms with Crippen LogP contribution in [0.1, 0.15) is 6.92 Å². The van der Waals surface area contributed by atoms with E-state index < -0.39 is 0 Å². The van der Waals surface area contributed by atoms with E-state index >= 15 is 0 Å². The second-order valence-corrected chi connectivity index (χ2v) is 1.12. The highest BCUT2D eigenvalue weighted by Crippen LogP contribution is 1.80. The Morgan fingerprint density at radius 2 is 2.11 bits per heavy atom. The van der Waals surface area contributed by atoms with Crippen molar-refractivity contribution >= 4 is 17.6 Å². The van der Waals surface area contributed by atoms with E-state index in [-0.39, 0.29) is 5.97 Å². The predicted molar refractivity (Wildman–Crippen MR) is 38.0 cm³/mol. The van der Waals surface area contributed by atoms with Crippen LogP contribution in [0, 0.1) is 0 Å². The lowest BCUT2D eigenvalue weighted by molar-refractivity contribution is -0.135. The van der Waals surface area contributed by atoms with Crippen molar-refractivity contribution in [3.63, 3.8) is 0 Å². The lowest BCUT2D eigenvalue weighted by Crippen LogP contribution is -1.88. The summed E-state index contributed by atoms with van der Waals surface area (Å²) in [6.45, 7) is 7.30. The van der Waals surface area contributed by atoms with Crippen LogP contribution in [0.3, 0.4) is 0 Å². The first-order chi connectivity index (χ1) is 4.27. The number of rotatable bonds is 1. The van der Waals surface area contributed by atoms with Gasteiger partial charge < -0.3 is 4.74 Å². The Balaban J connectivity index is 0. The van der Waals surface area contributed by atoms with Gasteiger partial charge in [0.05, 0.1) is 0 Å². The zero-order valence-corrected chi connectivity index (χ0v) is 6.02. The van der Waals surface area contributed by atoms with E-state index in [2.05, 4.69) is 17.9 Å². The molecule has 0 fully saturated rings. The number of halogens is 1. The number of esters is 1. The molecule has 0 aromatic heterocycles.